The van der Waals surface area contributed by atoms with Crippen LogP contribution in [0.5, 0.6) is 0 Å². The topological polar surface area (TPSA) is 146 Å². The van der Waals surface area contributed by atoms with E-state index >= 15 is 0 Å². The Hall–Kier alpha value is -1.99. The average molecular weight is 520 g/mol. The molecule has 1 heterocycles. The van der Waals surface area contributed by atoms with E-state index in [0.29, 0.717) is 0 Å². The maximum absolute atomic E-state index is 13.2. The van der Waals surface area contributed by atoms with Crippen LogP contribution in [0.3, 0.4) is 0 Å². The summed E-state index contributed by atoms with van der Waals surface area (Å²) in [5.41, 5.74) is 7.85. The monoisotopic (exact) mass is 519 g/mol. The average Bonchev–Trinajstić information content (AvgIpc) is 3.24. The number of hydrogen-bond acceptors (Lipinski definition) is 5. The third kappa shape index (κ3) is 8.27. The molecule has 6 N–H and O–H groups in total. The predicted octanol–water partition coefficient (Wildman–Crippen LogP) is 3.74. The zero-order chi connectivity index (χ0) is 26.3. The molecule has 1 fully saturated rings. The second kappa shape index (κ2) is 13.0. The van der Waals surface area contributed by atoms with Crippen molar-refractivity contribution >= 4 is 30.0 Å². The van der Waals surface area contributed by atoms with Crippen LogP contribution in [0.4, 0.5) is 0 Å². The van der Waals surface area contributed by atoms with Crippen molar-refractivity contribution in [3.63, 3.8) is 0 Å². The third-order valence-electron chi connectivity index (χ3n) is 7.31. The summed E-state index contributed by atoms with van der Waals surface area (Å²) in [7, 11) is -3.47. The minimum absolute atomic E-state index is 0.00514. The first kappa shape index (κ1) is 28.6. The summed E-state index contributed by atoms with van der Waals surface area (Å²) in [5, 5.41) is 14.3. The van der Waals surface area contributed by atoms with Crippen molar-refractivity contribution in [2.75, 3.05) is 12.3 Å². The van der Waals surface area contributed by atoms with E-state index in [-0.39, 0.29) is 49.2 Å². The molecule has 1 amide bonds. The van der Waals surface area contributed by atoms with Gasteiger partial charge in [-0.3, -0.25) is 14.2 Å². The number of rotatable bonds is 13. The molecule has 8 nitrogen and oxygen atoms in total. The highest BCUT2D eigenvalue weighted by Gasteiger charge is 2.30. The van der Waals surface area contributed by atoms with Gasteiger partial charge in [0.25, 0.3) is 0 Å². The molecule has 1 aromatic heterocycles. The lowest BCUT2D eigenvalue weighted by molar-refractivity contribution is -0.129. The number of nitrogens with two attached hydrogens (primary N) is 1. The van der Waals surface area contributed by atoms with Crippen molar-refractivity contribution in [3.05, 3.63) is 36.0 Å². The van der Waals surface area contributed by atoms with Gasteiger partial charge < -0.3 is 26.0 Å². The van der Waals surface area contributed by atoms with Gasteiger partial charge in [0.1, 0.15) is 0 Å². The van der Waals surface area contributed by atoms with Gasteiger partial charge in [0.2, 0.25) is 13.3 Å². The number of aromatic nitrogens is 1. The van der Waals surface area contributed by atoms with Crippen molar-refractivity contribution in [1.29, 1.82) is 0 Å². The molecule has 9 heteroatoms. The Bertz CT molecular complexity index is 1060. The largest absolute Gasteiger partial charge is 0.393 e. The van der Waals surface area contributed by atoms with Gasteiger partial charge in [-0.25, -0.2) is 0 Å². The smallest absolute Gasteiger partial charge is 0.237 e. The number of aromatic amines is 1. The molecule has 4 atom stereocenters. The Morgan fingerprint density at radius 3 is 2.58 bits per heavy atom. The number of hydrogen-bond donors (Lipinski definition) is 5. The lowest BCUT2D eigenvalue weighted by atomic mass is 9.91. The number of Topliss-reactive ketones (excluding diaryl/α,β-unsaturated/α-hetero) is 1. The number of nitrogens with one attached hydrogen (secondary N) is 2. The zero-order valence-corrected chi connectivity index (χ0v) is 22.4. The van der Waals surface area contributed by atoms with Crippen LogP contribution in [-0.2, 0) is 20.6 Å². The van der Waals surface area contributed by atoms with Gasteiger partial charge in [-0.2, -0.15) is 0 Å². The van der Waals surface area contributed by atoms with E-state index in [9.17, 15) is 24.2 Å². The fraction of sp³-hybridized carbons (Fsp3) is 0.630. The van der Waals surface area contributed by atoms with Crippen LogP contribution in [-0.4, -0.2) is 57.2 Å². The summed E-state index contributed by atoms with van der Waals surface area (Å²) in [6.45, 7) is 3.69. The summed E-state index contributed by atoms with van der Waals surface area (Å²) < 4.78 is 12.7. The van der Waals surface area contributed by atoms with Crippen LogP contribution < -0.4 is 11.1 Å². The molecule has 2 aromatic rings. The van der Waals surface area contributed by atoms with Crippen LogP contribution in [0.15, 0.2) is 30.5 Å². The third-order valence-corrected chi connectivity index (χ3v) is 9.39. The summed E-state index contributed by atoms with van der Waals surface area (Å²) in [5.74, 6) is -0.470. The predicted molar refractivity (Wildman–Crippen MR) is 143 cm³/mol. The van der Waals surface area contributed by atoms with Crippen molar-refractivity contribution in [2.24, 2.45) is 17.6 Å². The molecule has 1 unspecified atom stereocenters. The number of H-pyrrole nitrogens is 1. The van der Waals surface area contributed by atoms with Crippen molar-refractivity contribution < 1.29 is 24.2 Å². The maximum atomic E-state index is 13.2. The van der Waals surface area contributed by atoms with E-state index in [1.54, 1.807) is 0 Å². The Kier molecular flexibility index (Phi) is 10.3. The van der Waals surface area contributed by atoms with Crippen molar-refractivity contribution in [3.8, 4) is 0 Å². The van der Waals surface area contributed by atoms with Gasteiger partial charge in [-0.05, 0) is 42.7 Å². The number of para-hydroxylation sites is 1. The fourth-order valence-corrected chi connectivity index (χ4v) is 7.25. The lowest BCUT2D eigenvalue weighted by Crippen LogP contribution is -2.51. The number of amides is 1. The second-order valence-electron chi connectivity index (χ2n) is 10.8. The van der Waals surface area contributed by atoms with E-state index in [2.05, 4.69) is 10.3 Å². The number of carbonyl (C=O) groups is 2. The first-order valence-electron chi connectivity index (χ1n) is 13.2. The molecule has 1 aliphatic rings. The van der Waals surface area contributed by atoms with Gasteiger partial charge in [-0.1, -0.05) is 51.3 Å². The first-order chi connectivity index (χ1) is 17.1. The van der Waals surface area contributed by atoms with Crippen LogP contribution >= 0.6 is 7.37 Å². The van der Waals surface area contributed by atoms with Crippen LogP contribution in [0.25, 0.3) is 10.9 Å². The van der Waals surface area contributed by atoms with Crippen LogP contribution in [0, 0.1) is 11.8 Å². The molecule has 1 aromatic carbocycles. The summed E-state index contributed by atoms with van der Waals surface area (Å²) in [6.07, 6.45) is 6.47. The highest BCUT2D eigenvalue weighted by atomic mass is 31.2. The molecule has 0 radical (unpaired) electrons. The van der Waals surface area contributed by atoms with Gasteiger partial charge in [-0.15, -0.1) is 0 Å². The van der Waals surface area contributed by atoms with Crippen molar-refractivity contribution in [2.45, 2.75) is 83.4 Å². The second-order valence-corrected chi connectivity index (χ2v) is 13.2. The van der Waals surface area contributed by atoms with Gasteiger partial charge in [0.05, 0.1) is 24.3 Å². The molecule has 0 saturated heterocycles. The zero-order valence-electron chi connectivity index (χ0n) is 21.5. The number of fused-ring (bicyclic) bond motifs is 1. The number of aliphatic hydroxyl groups is 1. The Morgan fingerprint density at radius 2 is 1.89 bits per heavy atom. The first-order valence-corrected chi connectivity index (χ1v) is 15.2. The number of carbonyl (C=O) groups excluding carboxylic acids is 2. The van der Waals surface area contributed by atoms with Crippen LogP contribution in [0.2, 0.25) is 0 Å². The molecular formula is C27H42N3O5P. The SMILES string of the molecule is CC(C)[C@H](N)C(=O)N[C@@H](Cc1c[nH]c2ccccc12)C(=O)CC[C@@H](O)CP(=O)(O)CC1CCCCC1. The number of ketones is 1. The van der Waals surface area contributed by atoms with Crippen LogP contribution in [0.1, 0.15) is 64.4 Å². The molecular weight excluding hydrogens is 477 g/mol. The van der Waals surface area contributed by atoms with E-state index in [1.165, 1.54) is 6.42 Å². The fourth-order valence-electron chi connectivity index (χ4n) is 5.09. The standard InChI is InChI=1S/C27H42N3O5P/c1-18(2)26(28)27(33)30-24(14-20-15-29-23-11-7-6-10-22(20)23)25(32)13-12-21(31)17-36(34,35)16-19-8-4-3-5-9-19/h6-7,10-11,15,18-19,21,24,26,29,31H,3-5,8-9,12-14,16-17,28H2,1-2H3,(H,30,33)(H,34,35)/t21-,24+,26+/m1/s1. The van der Waals surface area contributed by atoms with E-state index in [4.69, 9.17) is 5.73 Å². The minimum Gasteiger partial charge on any atom is -0.393 e. The molecule has 36 heavy (non-hydrogen) atoms. The molecule has 1 saturated carbocycles. The Balaban J connectivity index is 1.62. The highest BCUT2D eigenvalue weighted by molar-refractivity contribution is 7.58. The van der Waals surface area contributed by atoms with E-state index in [0.717, 1.165) is 42.1 Å². The molecule has 1 aliphatic carbocycles. The highest BCUT2D eigenvalue weighted by Crippen LogP contribution is 2.46. The van der Waals surface area contributed by atoms with Gasteiger partial charge in [0.15, 0.2) is 5.78 Å². The Labute approximate surface area is 213 Å². The summed E-state index contributed by atoms with van der Waals surface area (Å²) in [6, 6.07) is 6.19. The molecule has 200 valence electrons. The maximum Gasteiger partial charge on any atom is 0.237 e. The van der Waals surface area contributed by atoms with Gasteiger partial charge in [0, 0.05) is 36.1 Å². The minimum atomic E-state index is -3.47. The summed E-state index contributed by atoms with van der Waals surface area (Å²) in [4.78, 5) is 39.5. The van der Waals surface area contributed by atoms with E-state index in [1.807, 2.05) is 44.3 Å². The van der Waals surface area contributed by atoms with E-state index < -0.39 is 31.5 Å². The van der Waals surface area contributed by atoms with Gasteiger partial charge >= 0.3 is 0 Å². The molecule has 0 bridgehead atoms. The normalized spacial score (nSPS) is 19.1. The number of benzene rings is 1. The molecule has 0 spiro atoms. The molecule has 0 aliphatic heterocycles. The lowest BCUT2D eigenvalue weighted by Gasteiger charge is -2.25. The Morgan fingerprint density at radius 1 is 1.19 bits per heavy atom. The quantitative estimate of drug-likeness (QED) is 0.255. The number of aliphatic hydroxyl groups excluding tert-OH is 1. The summed E-state index contributed by atoms with van der Waals surface area (Å²) >= 11 is 0. The van der Waals surface area contributed by atoms with Crippen molar-refractivity contribution in [1.82, 2.24) is 10.3 Å². The molecule has 3 rings (SSSR count).